The molecule has 0 N–H and O–H groups in total. The average molecular weight is 236 g/mol. The molecule has 2 aromatic rings. The van der Waals surface area contributed by atoms with E-state index in [-0.39, 0.29) is 0 Å². The summed E-state index contributed by atoms with van der Waals surface area (Å²) in [6.45, 7) is 3.77. The molecular weight excluding hydrogens is 224 g/mol. The average Bonchev–Trinajstić information content (AvgIpc) is 3.13. The lowest BCUT2D eigenvalue weighted by Gasteiger charge is -2.03. The van der Waals surface area contributed by atoms with Gasteiger partial charge >= 0.3 is 0 Å². The van der Waals surface area contributed by atoms with E-state index in [1.165, 1.54) is 0 Å². The highest BCUT2D eigenvalue weighted by Gasteiger charge is 2.16. The van der Waals surface area contributed by atoms with E-state index < -0.39 is 0 Å². The molecule has 0 bridgehead atoms. The maximum Gasteiger partial charge on any atom is 0.138 e. The molecule has 0 radical (unpaired) electrons. The molecule has 1 aliphatic carbocycles. The van der Waals surface area contributed by atoms with Crippen LogP contribution in [0.25, 0.3) is 5.57 Å². The predicted octanol–water partition coefficient (Wildman–Crippen LogP) is 4.36. The van der Waals surface area contributed by atoms with E-state index in [2.05, 4.69) is 12.7 Å². The summed E-state index contributed by atoms with van der Waals surface area (Å²) in [4.78, 5) is 0. The van der Waals surface area contributed by atoms with Crippen molar-refractivity contribution in [3.63, 3.8) is 0 Å². The Morgan fingerprint density at radius 1 is 1.00 bits per heavy atom. The molecule has 2 aromatic heterocycles. The third-order valence-electron chi connectivity index (χ3n) is 2.84. The summed E-state index contributed by atoms with van der Waals surface area (Å²) in [7, 11) is 0. The minimum absolute atomic E-state index is 0.797. The second kappa shape index (κ2) is 4.41. The van der Waals surface area contributed by atoms with Gasteiger partial charge in [-0.25, -0.2) is 0 Å². The monoisotopic (exact) mass is 236 g/mol. The van der Waals surface area contributed by atoms with Gasteiger partial charge in [-0.3, -0.25) is 0 Å². The van der Waals surface area contributed by atoms with Crippen LogP contribution in [0.5, 0.6) is 0 Å². The van der Waals surface area contributed by atoms with Crippen molar-refractivity contribution in [2.75, 3.05) is 0 Å². The number of allylic oxidation sites excluding steroid dienone is 6. The molecule has 0 spiro atoms. The lowest BCUT2D eigenvalue weighted by molar-refractivity contribution is 0.530. The van der Waals surface area contributed by atoms with Gasteiger partial charge in [0.2, 0.25) is 0 Å². The second-order valence-corrected chi connectivity index (χ2v) is 3.97. The van der Waals surface area contributed by atoms with Gasteiger partial charge in [0.05, 0.1) is 18.1 Å². The standard InChI is InChI=1S/C16H12O2/c1-2-12-7-8-13(11-12)16(14-5-3-9-17-14)15-6-4-10-18-15/h2-11H,1H2. The lowest BCUT2D eigenvalue weighted by Crippen LogP contribution is -1.87. The first kappa shape index (κ1) is 10.7. The Morgan fingerprint density at radius 3 is 2.11 bits per heavy atom. The van der Waals surface area contributed by atoms with Crippen LogP contribution in [-0.2, 0) is 0 Å². The zero-order valence-corrected chi connectivity index (χ0v) is 9.80. The Morgan fingerprint density at radius 2 is 1.67 bits per heavy atom. The van der Waals surface area contributed by atoms with Gasteiger partial charge in [-0.15, -0.1) is 0 Å². The molecule has 0 aliphatic heterocycles. The van der Waals surface area contributed by atoms with Crippen LogP contribution in [0.3, 0.4) is 0 Å². The van der Waals surface area contributed by atoms with E-state index in [1.807, 2.05) is 42.5 Å². The molecular formula is C16H12O2. The largest absolute Gasteiger partial charge is 0.464 e. The first-order chi connectivity index (χ1) is 8.88. The highest BCUT2D eigenvalue weighted by molar-refractivity contribution is 5.82. The topological polar surface area (TPSA) is 26.3 Å². The van der Waals surface area contributed by atoms with Gasteiger partial charge < -0.3 is 8.83 Å². The van der Waals surface area contributed by atoms with Gasteiger partial charge in [0.1, 0.15) is 11.5 Å². The number of hydrogen-bond acceptors (Lipinski definition) is 2. The van der Waals surface area contributed by atoms with Crippen molar-refractivity contribution >= 4 is 5.57 Å². The van der Waals surface area contributed by atoms with E-state index in [4.69, 9.17) is 8.83 Å². The van der Waals surface area contributed by atoms with E-state index in [9.17, 15) is 0 Å². The van der Waals surface area contributed by atoms with Gasteiger partial charge in [-0.2, -0.15) is 0 Å². The molecule has 2 heterocycles. The van der Waals surface area contributed by atoms with Crippen molar-refractivity contribution in [3.05, 3.63) is 90.3 Å². The predicted molar refractivity (Wildman–Crippen MR) is 70.9 cm³/mol. The van der Waals surface area contributed by atoms with Gasteiger partial charge in [0, 0.05) is 0 Å². The quantitative estimate of drug-likeness (QED) is 0.791. The molecule has 0 amide bonds. The third-order valence-corrected chi connectivity index (χ3v) is 2.84. The van der Waals surface area contributed by atoms with Crippen LogP contribution in [0.2, 0.25) is 0 Å². The summed E-state index contributed by atoms with van der Waals surface area (Å²) in [6, 6.07) is 7.60. The summed E-state index contributed by atoms with van der Waals surface area (Å²) in [6.07, 6.45) is 11.3. The van der Waals surface area contributed by atoms with Crippen LogP contribution in [0.1, 0.15) is 11.5 Å². The number of furan rings is 2. The fourth-order valence-electron chi connectivity index (χ4n) is 1.99. The molecule has 2 nitrogen and oxygen atoms in total. The lowest BCUT2D eigenvalue weighted by atomic mass is 10.0. The molecule has 1 aliphatic rings. The highest BCUT2D eigenvalue weighted by Crippen LogP contribution is 2.32. The number of hydrogen-bond donors (Lipinski definition) is 0. The van der Waals surface area contributed by atoms with E-state index in [0.29, 0.717) is 0 Å². The maximum absolute atomic E-state index is 5.49. The van der Waals surface area contributed by atoms with Crippen LogP contribution >= 0.6 is 0 Å². The molecule has 0 unspecified atom stereocenters. The Labute approximate surface area is 105 Å². The van der Waals surface area contributed by atoms with Crippen molar-refractivity contribution in [1.29, 1.82) is 0 Å². The molecule has 2 heteroatoms. The number of rotatable bonds is 3. The van der Waals surface area contributed by atoms with Crippen molar-refractivity contribution in [1.82, 2.24) is 0 Å². The molecule has 3 rings (SSSR count). The zero-order chi connectivity index (χ0) is 12.4. The molecule has 0 aromatic carbocycles. The SMILES string of the molecule is C=CC1=CC(=C(c2ccco2)c2ccco2)C=C1. The van der Waals surface area contributed by atoms with Gasteiger partial charge in [0.25, 0.3) is 0 Å². The second-order valence-electron chi connectivity index (χ2n) is 3.97. The van der Waals surface area contributed by atoms with Crippen LogP contribution in [0.4, 0.5) is 0 Å². The highest BCUT2D eigenvalue weighted by atomic mass is 16.3. The van der Waals surface area contributed by atoms with Crippen molar-refractivity contribution in [2.24, 2.45) is 0 Å². The Hall–Kier alpha value is -2.48. The smallest absolute Gasteiger partial charge is 0.138 e. The molecule has 18 heavy (non-hydrogen) atoms. The Balaban J connectivity index is 2.19. The first-order valence-electron chi connectivity index (χ1n) is 5.73. The van der Waals surface area contributed by atoms with Gasteiger partial charge in [-0.1, -0.05) is 24.8 Å². The van der Waals surface area contributed by atoms with Crippen LogP contribution in [0.15, 0.2) is 87.7 Å². The fraction of sp³-hybridized carbons (Fsp3) is 0. The van der Waals surface area contributed by atoms with E-state index >= 15 is 0 Å². The van der Waals surface area contributed by atoms with Crippen LogP contribution in [0, 0.1) is 0 Å². The fourth-order valence-corrected chi connectivity index (χ4v) is 1.99. The molecule has 0 saturated heterocycles. The summed E-state index contributed by atoms with van der Waals surface area (Å²) >= 11 is 0. The summed E-state index contributed by atoms with van der Waals surface area (Å²) in [5, 5.41) is 0. The minimum atomic E-state index is 0.797. The summed E-state index contributed by atoms with van der Waals surface area (Å²) in [5.41, 5.74) is 3.11. The van der Waals surface area contributed by atoms with Crippen LogP contribution in [-0.4, -0.2) is 0 Å². The molecule has 0 atom stereocenters. The first-order valence-corrected chi connectivity index (χ1v) is 5.73. The van der Waals surface area contributed by atoms with Gasteiger partial charge in [-0.05, 0) is 41.5 Å². The Bertz CT molecular complexity index is 599. The maximum atomic E-state index is 5.49. The summed E-state index contributed by atoms with van der Waals surface area (Å²) in [5.74, 6) is 1.59. The minimum Gasteiger partial charge on any atom is -0.464 e. The van der Waals surface area contributed by atoms with Crippen molar-refractivity contribution in [2.45, 2.75) is 0 Å². The molecule has 88 valence electrons. The van der Waals surface area contributed by atoms with E-state index in [1.54, 1.807) is 12.5 Å². The molecule has 0 saturated carbocycles. The third kappa shape index (κ3) is 1.78. The Kier molecular flexibility index (Phi) is 2.61. The zero-order valence-electron chi connectivity index (χ0n) is 9.80. The normalized spacial score (nSPS) is 13.8. The van der Waals surface area contributed by atoms with Crippen molar-refractivity contribution < 1.29 is 8.83 Å². The van der Waals surface area contributed by atoms with Crippen molar-refractivity contribution in [3.8, 4) is 0 Å². The molecule has 0 fully saturated rings. The van der Waals surface area contributed by atoms with E-state index in [0.717, 1.165) is 28.2 Å². The van der Waals surface area contributed by atoms with Crippen LogP contribution < -0.4 is 0 Å². The summed E-state index contributed by atoms with van der Waals surface area (Å²) < 4.78 is 11.0. The van der Waals surface area contributed by atoms with Gasteiger partial charge in [0.15, 0.2) is 0 Å².